The van der Waals surface area contributed by atoms with Crippen LogP contribution in [0, 0.1) is 0 Å². The largest absolute Gasteiger partial charge is 0.407 e. The molecule has 4 rings (SSSR count). The molecule has 1 N–H and O–H groups in total. The van der Waals surface area contributed by atoms with E-state index in [2.05, 4.69) is 15.5 Å². The Morgan fingerprint density at radius 1 is 0.842 bits per heavy atom. The maximum Gasteiger partial charge on any atom is 0.322 e. The van der Waals surface area contributed by atoms with Crippen LogP contribution in [-0.4, -0.2) is 50.0 Å². The second-order valence-corrected chi connectivity index (χ2v) is 12.4. The minimum absolute atomic E-state index is 0.0776. The number of carbonyl (C=O) groups excluding carboxylic acids is 1. The van der Waals surface area contributed by atoms with Crippen LogP contribution in [0.25, 0.3) is 0 Å². The molecule has 0 unspecified atom stereocenters. The number of sulfone groups is 1. The van der Waals surface area contributed by atoms with Crippen molar-refractivity contribution in [3.05, 3.63) is 101 Å². The van der Waals surface area contributed by atoms with Gasteiger partial charge in [0.05, 0.1) is 16.2 Å². The highest BCUT2D eigenvalue weighted by molar-refractivity contribution is 7.90. The van der Waals surface area contributed by atoms with E-state index in [-0.39, 0.29) is 40.2 Å². The van der Waals surface area contributed by atoms with E-state index in [1.165, 1.54) is 40.7 Å². The normalized spacial score (nSPS) is 12.0. The summed E-state index contributed by atoms with van der Waals surface area (Å²) in [7, 11) is -7.05. The number of nitrogens with one attached hydrogen (secondary N) is 1. The third-order valence-electron chi connectivity index (χ3n) is 5.70. The van der Waals surface area contributed by atoms with Gasteiger partial charge in [-0.2, -0.15) is 4.31 Å². The third-order valence-corrected chi connectivity index (χ3v) is 8.77. The highest BCUT2D eigenvalue weighted by Crippen LogP contribution is 2.20. The second kappa shape index (κ2) is 11.3. The van der Waals surface area contributed by atoms with Crippen molar-refractivity contribution >= 4 is 31.8 Å². The molecule has 0 atom stereocenters. The first kappa shape index (κ1) is 27.2. The predicted octanol–water partition coefficient (Wildman–Crippen LogP) is 3.53. The summed E-state index contributed by atoms with van der Waals surface area (Å²) < 4.78 is 56.3. The standard InChI is InChI=1S/C26H26N4O6S2/c1-3-30(18-20-7-5-4-6-8-20)38(34,35)23-15-11-21(12-16-23)25(31)27-26-29-28-24(36-26)17-19-9-13-22(14-10-19)37(2,32)33/h4-16H,3,17-18H2,1-2H3,(H,27,29,31). The molecule has 1 aromatic heterocycles. The Labute approximate surface area is 221 Å². The summed E-state index contributed by atoms with van der Waals surface area (Å²) in [5.41, 5.74) is 1.84. The highest BCUT2D eigenvalue weighted by Gasteiger charge is 2.24. The molecule has 0 saturated carbocycles. The number of amides is 1. The van der Waals surface area contributed by atoms with Crippen LogP contribution in [0.3, 0.4) is 0 Å². The van der Waals surface area contributed by atoms with Gasteiger partial charge in [-0.05, 0) is 47.5 Å². The number of anilines is 1. The quantitative estimate of drug-likeness (QED) is 0.314. The molecular weight excluding hydrogens is 528 g/mol. The van der Waals surface area contributed by atoms with Crippen molar-refractivity contribution in [1.29, 1.82) is 0 Å². The summed E-state index contributed by atoms with van der Waals surface area (Å²) in [4.78, 5) is 12.9. The van der Waals surface area contributed by atoms with Crippen LogP contribution < -0.4 is 5.32 Å². The van der Waals surface area contributed by atoms with Gasteiger partial charge in [0.15, 0.2) is 9.84 Å². The number of aromatic nitrogens is 2. The van der Waals surface area contributed by atoms with E-state index in [1.807, 2.05) is 30.3 Å². The van der Waals surface area contributed by atoms with Crippen molar-refractivity contribution in [2.75, 3.05) is 18.1 Å². The lowest BCUT2D eigenvalue weighted by Gasteiger charge is -2.20. The zero-order valence-electron chi connectivity index (χ0n) is 20.7. The molecule has 0 bridgehead atoms. The predicted molar refractivity (Wildman–Crippen MR) is 141 cm³/mol. The molecule has 3 aromatic carbocycles. The first-order valence-corrected chi connectivity index (χ1v) is 15.0. The van der Waals surface area contributed by atoms with Gasteiger partial charge in [-0.1, -0.05) is 54.5 Å². The second-order valence-electron chi connectivity index (χ2n) is 8.49. The van der Waals surface area contributed by atoms with Gasteiger partial charge >= 0.3 is 6.01 Å². The lowest BCUT2D eigenvalue weighted by Crippen LogP contribution is -2.30. The molecule has 0 aliphatic rings. The average Bonchev–Trinajstić information content (AvgIpc) is 3.34. The molecule has 0 spiro atoms. The summed E-state index contributed by atoms with van der Waals surface area (Å²) in [5, 5.41) is 10.2. The summed E-state index contributed by atoms with van der Waals surface area (Å²) in [5.74, 6) is -0.315. The minimum atomic E-state index is -3.76. The molecule has 10 nitrogen and oxygen atoms in total. The molecule has 0 aliphatic heterocycles. The Balaban J connectivity index is 1.40. The van der Waals surface area contributed by atoms with Gasteiger partial charge in [-0.3, -0.25) is 10.1 Å². The molecule has 0 radical (unpaired) electrons. The van der Waals surface area contributed by atoms with E-state index in [9.17, 15) is 21.6 Å². The van der Waals surface area contributed by atoms with E-state index in [0.717, 1.165) is 17.4 Å². The van der Waals surface area contributed by atoms with Crippen molar-refractivity contribution in [3.63, 3.8) is 0 Å². The molecule has 0 fully saturated rings. The van der Waals surface area contributed by atoms with E-state index >= 15 is 0 Å². The molecule has 0 saturated heterocycles. The first-order chi connectivity index (χ1) is 18.1. The van der Waals surface area contributed by atoms with Crippen molar-refractivity contribution in [2.45, 2.75) is 29.7 Å². The zero-order valence-corrected chi connectivity index (χ0v) is 22.4. The maximum atomic E-state index is 13.1. The first-order valence-electron chi connectivity index (χ1n) is 11.6. The Hall–Kier alpha value is -3.87. The molecule has 0 aliphatic carbocycles. The van der Waals surface area contributed by atoms with Crippen LogP contribution in [-0.2, 0) is 32.8 Å². The van der Waals surface area contributed by atoms with Crippen molar-refractivity contribution in [1.82, 2.24) is 14.5 Å². The SMILES string of the molecule is CCN(Cc1ccccc1)S(=O)(=O)c1ccc(C(=O)Nc2nnc(Cc3ccc(S(C)(=O)=O)cc3)o2)cc1. The van der Waals surface area contributed by atoms with Crippen molar-refractivity contribution < 1.29 is 26.0 Å². The van der Waals surface area contributed by atoms with Crippen LogP contribution in [0.1, 0.15) is 34.3 Å². The molecule has 12 heteroatoms. The Morgan fingerprint density at radius 2 is 1.47 bits per heavy atom. The number of hydrogen-bond donors (Lipinski definition) is 1. The highest BCUT2D eigenvalue weighted by atomic mass is 32.2. The molecule has 4 aromatic rings. The van der Waals surface area contributed by atoms with E-state index in [4.69, 9.17) is 4.42 Å². The van der Waals surface area contributed by atoms with Gasteiger partial charge in [0, 0.05) is 24.9 Å². The number of benzene rings is 3. The monoisotopic (exact) mass is 554 g/mol. The van der Waals surface area contributed by atoms with Crippen molar-refractivity contribution in [3.8, 4) is 0 Å². The minimum Gasteiger partial charge on any atom is -0.407 e. The molecule has 38 heavy (non-hydrogen) atoms. The van der Waals surface area contributed by atoms with Gasteiger partial charge in [0.2, 0.25) is 15.9 Å². The lowest BCUT2D eigenvalue weighted by molar-refractivity contribution is 0.102. The van der Waals surface area contributed by atoms with E-state index in [0.29, 0.717) is 6.54 Å². The van der Waals surface area contributed by atoms with Gasteiger partial charge in [0.25, 0.3) is 5.91 Å². The van der Waals surface area contributed by atoms with Gasteiger partial charge in [0.1, 0.15) is 0 Å². The van der Waals surface area contributed by atoms with Gasteiger partial charge < -0.3 is 4.42 Å². The number of sulfonamides is 1. The maximum absolute atomic E-state index is 13.1. The van der Waals surface area contributed by atoms with Gasteiger partial charge in [-0.25, -0.2) is 16.8 Å². The topological polar surface area (TPSA) is 140 Å². The molecule has 198 valence electrons. The summed E-state index contributed by atoms with van der Waals surface area (Å²) >= 11 is 0. The Kier molecular flexibility index (Phi) is 8.05. The van der Waals surface area contributed by atoms with Crippen LogP contribution in [0.5, 0.6) is 0 Å². The summed E-state index contributed by atoms with van der Waals surface area (Å²) in [6, 6.07) is 21.1. The van der Waals surface area contributed by atoms with Crippen LogP contribution in [0.2, 0.25) is 0 Å². The molecule has 1 heterocycles. The number of nitrogens with zero attached hydrogens (tertiary/aromatic N) is 3. The summed E-state index contributed by atoms with van der Waals surface area (Å²) in [6.45, 7) is 2.30. The average molecular weight is 555 g/mol. The Bertz CT molecular complexity index is 1620. The number of carbonyl (C=O) groups is 1. The number of hydrogen-bond acceptors (Lipinski definition) is 8. The van der Waals surface area contributed by atoms with Crippen LogP contribution >= 0.6 is 0 Å². The third kappa shape index (κ3) is 6.52. The smallest absolute Gasteiger partial charge is 0.322 e. The van der Waals surface area contributed by atoms with Crippen LogP contribution in [0.15, 0.2) is 93.1 Å². The summed E-state index contributed by atoms with van der Waals surface area (Å²) in [6.07, 6.45) is 1.38. The fraction of sp³-hybridized carbons (Fsp3) is 0.192. The lowest BCUT2D eigenvalue weighted by atomic mass is 10.1. The molecular formula is C26H26N4O6S2. The Morgan fingerprint density at radius 3 is 2.08 bits per heavy atom. The zero-order chi connectivity index (χ0) is 27.3. The van der Waals surface area contributed by atoms with E-state index in [1.54, 1.807) is 19.1 Å². The molecule has 1 amide bonds. The van der Waals surface area contributed by atoms with Crippen molar-refractivity contribution in [2.24, 2.45) is 0 Å². The van der Waals surface area contributed by atoms with E-state index < -0.39 is 25.8 Å². The number of rotatable bonds is 10. The fourth-order valence-electron chi connectivity index (χ4n) is 3.66. The van der Waals surface area contributed by atoms with Gasteiger partial charge in [-0.15, -0.1) is 5.10 Å². The van der Waals surface area contributed by atoms with Crippen LogP contribution in [0.4, 0.5) is 6.01 Å². The fourth-order valence-corrected chi connectivity index (χ4v) is 5.72.